The van der Waals surface area contributed by atoms with Gasteiger partial charge in [-0.05, 0) is 60.3 Å². The van der Waals surface area contributed by atoms with Crippen LogP contribution >= 0.6 is 0 Å². The van der Waals surface area contributed by atoms with Crippen LogP contribution in [0.5, 0.6) is 0 Å². The third kappa shape index (κ3) is 4.07. The van der Waals surface area contributed by atoms with E-state index in [0.29, 0.717) is 0 Å². The molecule has 0 bridgehead atoms. The first-order valence-electron chi connectivity index (χ1n) is 10.7. The minimum atomic E-state index is -1.39. The minimum absolute atomic E-state index is 0.231. The highest BCUT2D eigenvalue weighted by Gasteiger charge is 2.65. The number of nitrogens with one attached hydrogen (secondary N) is 1. The summed E-state index contributed by atoms with van der Waals surface area (Å²) in [5.41, 5.74) is -0.558. The van der Waals surface area contributed by atoms with Gasteiger partial charge in [-0.15, -0.1) is 0 Å². The minimum Gasteiger partial charge on any atom is -0.462 e. The molecule has 3 saturated heterocycles. The maximum Gasteiger partial charge on any atom is 0.321 e. The van der Waals surface area contributed by atoms with Gasteiger partial charge in [0, 0.05) is 5.54 Å². The molecule has 1 amide bonds. The van der Waals surface area contributed by atoms with Crippen molar-refractivity contribution in [3.63, 3.8) is 0 Å². The molecule has 0 aromatic carbocycles. The Labute approximate surface area is 176 Å². The van der Waals surface area contributed by atoms with Gasteiger partial charge in [-0.2, -0.15) is 0 Å². The summed E-state index contributed by atoms with van der Waals surface area (Å²) in [4.78, 5) is 39.1. The molecule has 1 saturated carbocycles. The zero-order valence-corrected chi connectivity index (χ0v) is 18.1. The fourth-order valence-electron chi connectivity index (χ4n) is 4.71. The van der Waals surface area contributed by atoms with Crippen molar-refractivity contribution in [3.05, 3.63) is 0 Å². The van der Waals surface area contributed by atoms with E-state index >= 15 is 0 Å². The molecule has 30 heavy (non-hydrogen) atoms. The Bertz CT molecular complexity index is 723. The van der Waals surface area contributed by atoms with Crippen molar-refractivity contribution < 1.29 is 38.1 Å². The SMILES string of the molecule is CC(C)(C)NC(=O)[C@H]1[C@H](C(=O)OC2CCCC2)C(=O)O[C@@H]2[C@H]3OC(C)(C)O[C@H]3O[C@@H]21. The largest absolute Gasteiger partial charge is 0.462 e. The van der Waals surface area contributed by atoms with Gasteiger partial charge in [-0.1, -0.05) is 0 Å². The number of ether oxygens (including phenoxy) is 5. The third-order valence-corrected chi connectivity index (χ3v) is 5.89. The number of carbonyl (C=O) groups is 3. The summed E-state index contributed by atoms with van der Waals surface area (Å²) in [5, 5.41) is 2.87. The maximum atomic E-state index is 13.2. The molecule has 168 valence electrons. The molecule has 9 nitrogen and oxygen atoms in total. The Kier molecular flexibility index (Phi) is 5.35. The number of hydrogen-bond acceptors (Lipinski definition) is 8. The number of rotatable bonds is 3. The fraction of sp³-hybridized carbons (Fsp3) is 0.857. The summed E-state index contributed by atoms with van der Waals surface area (Å²) < 4.78 is 28.7. The van der Waals surface area contributed by atoms with Crippen molar-refractivity contribution in [1.82, 2.24) is 5.32 Å². The number of amides is 1. The van der Waals surface area contributed by atoms with Crippen LogP contribution in [0.1, 0.15) is 60.3 Å². The molecule has 1 N–H and O–H groups in total. The third-order valence-electron chi connectivity index (χ3n) is 5.89. The van der Waals surface area contributed by atoms with E-state index in [1.54, 1.807) is 13.8 Å². The second kappa shape index (κ2) is 7.46. The van der Waals surface area contributed by atoms with Gasteiger partial charge in [0.1, 0.15) is 12.2 Å². The number of fused-ring (bicyclic) bond motifs is 3. The molecular formula is C21H31NO8. The Morgan fingerprint density at radius 1 is 1.07 bits per heavy atom. The molecule has 0 spiro atoms. The Hall–Kier alpha value is -1.71. The lowest BCUT2D eigenvalue weighted by Gasteiger charge is -2.38. The van der Waals surface area contributed by atoms with E-state index in [1.807, 2.05) is 20.8 Å². The first kappa shape index (κ1) is 21.5. The molecule has 6 atom stereocenters. The van der Waals surface area contributed by atoms with E-state index in [1.165, 1.54) is 0 Å². The maximum absolute atomic E-state index is 13.2. The van der Waals surface area contributed by atoms with E-state index in [0.717, 1.165) is 25.7 Å². The Morgan fingerprint density at radius 2 is 1.73 bits per heavy atom. The van der Waals surface area contributed by atoms with Crippen LogP contribution in [0.2, 0.25) is 0 Å². The predicted molar refractivity (Wildman–Crippen MR) is 102 cm³/mol. The Balaban J connectivity index is 1.60. The van der Waals surface area contributed by atoms with Crippen LogP contribution in [0, 0.1) is 11.8 Å². The van der Waals surface area contributed by atoms with Crippen LogP contribution in [0.25, 0.3) is 0 Å². The number of carbonyl (C=O) groups excluding carboxylic acids is 3. The van der Waals surface area contributed by atoms with Gasteiger partial charge in [0.25, 0.3) is 0 Å². The summed E-state index contributed by atoms with van der Waals surface area (Å²) in [7, 11) is 0. The number of esters is 2. The van der Waals surface area contributed by atoms with Crippen molar-refractivity contribution in [2.75, 3.05) is 0 Å². The molecule has 3 aliphatic heterocycles. The average molecular weight is 425 g/mol. The van der Waals surface area contributed by atoms with Gasteiger partial charge in [0.15, 0.2) is 30.2 Å². The van der Waals surface area contributed by atoms with Crippen LogP contribution in [0.4, 0.5) is 0 Å². The van der Waals surface area contributed by atoms with E-state index in [-0.39, 0.29) is 6.10 Å². The fourth-order valence-corrected chi connectivity index (χ4v) is 4.71. The topological polar surface area (TPSA) is 109 Å². The molecule has 4 rings (SSSR count). The van der Waals surface area contributed by atoms with E-state index < -0.39 is 65.6 Å². The molecule has 3 heterocycles. The summed E-state index contributed by atoms with van der Waals surface area (Å²) in [5.74, 6) is -5.35. The van der Waals surface area contributed by atoms with E-state index in [2.05, 4.69) is 5.32 Å². The van der Waals surface area contributed by atoms with Crippen molar-refractivity contribution in [3.8, 4) is 0 Å². The van der Waals surface area contributed by atoms with Gasteiger partial charge in [-0.25, -0.2) is 0 Å². The summed E-state index contributed by atoms with van der Waals surface area (Å²) in [6.07, 6.45) is 0.0956. The van der Waals surface area contributed by atoms with Gasteiger partial charge in [0.2, 0.25) is 5.91 Å². The van der Waals surface area contributed by atoms with Gasteiger partial charge < -0.3 is 29.0 Å². The molecule has 4 fully saturated rings. The van der Waals surface area contributed by atoms with Crippen LogP contribution in [-0.2, 0) is 38.1 Å². The smallest absolute Gasteiger partial charge is 0.321 e. The molecule has 0 aromatic heterocycles. The molecule has 0 aromatic rings. The monoisotopic (exact) mass is 425 g/mol. The van der Waals surface area contributed by atoms with Crippen LogP contribution in [0.15, 0.2) is 0 Å². The zero-order valence-electron chi connectivity index (χ0n) is 18.1. The van der Waals surface area contributed by atoms with Gasteiger partial charge in [0.05, 0.1) is 5.92 Å². The lowest BCUT2D eigenvalue weighted by molar-refractivity contribution is -0.237. The van der Waals surface area contributed by atoms with Crippen LogP contribution < -0.4 is 5.32 Å². The predicted octanol–water partition coefficient (Wildman–Crippen LogP) is 1.42. The van der Waals surface area contributed by atoms with Crippen molar-refractivity contribution in [2.45, 2.75) is 102 Å². The van der Waals surface area contributed by atoms with Crippen molar-refractivity contribution >= 4 is 17.8 Å². The first-order chi connectivity index (χ1) is 14.0. The lowest BCUT2D eigenvalue weighted by Crippen LogP contribution is -2.59. The molecule has 4 aliphatic rings. The van der Waals surface area contributed by atoms with Crippen molar-refractivity contribution in [1.29, 1.82) is 0 Å². The summed E-state index contributed by atoms with van der Waals surface area (Å²) in [6.45, 7) is 8.96. The standard InChI is InChI=1S/C21H31NO8/c1-20(2,3)22-16(23)11-12(17(24)26-10-8-6-7-9-10)18(25)27-14-13(11)28-19-15(14)29-21(4,5)30-19/h10-15,19H,6-9H2,1-5H3,(H,22,23)/t11-,12+,13+,14-,15+,19+/m0/s1. The molecule has 9 heteroatoms. The summed E-state index contributed by atoms with van der Waals surface area (Å²) >= 11 is 0. The van der Waals surface area contributed by atoms with E-state index in [4.69, 9.17) is 23.7 Å². The highest BCUT2D eigenvalue weighted by molar-refractivity contribution is 6.01. The average Bonchev–Trinajstić information content (AvgIpc) is 3.27. The normalized spacial score (nSPS) is 38.0. The quantitative estimate of drug-likeness (QED) is 0.534. The lowest BCUT2D eigenvalue weighted by atomic mass is 9.81. The van der Waals surface area contributed by atoms with E-state index in [9.17, 15) is 14.4 Å². The van der Waals surface area contributed by atoms with Crippen molar-refractivity contribution in [2.24, 2.45) is 11.8 Å². The molecule has 0 radical (unpaired) electrons. The first-order valence-corrected chi connectivity index (χ1v) is 10.7. The zero-order chi connectivity index (χ0) is 21.8. The van der Waals surface area contributed by atoms with Gasteiger partial charge in [-0.3, -0.25) is 14.4 Å². The Morgan fingerprint density at radius 3 is 2.37 bits per heavy atom. The second-order valence-corrected chi connectivity index (χ2v) is 10.1. The number of hydrogen-bond donors (Lipinski definition) is 1. The van der Waals surface area contributed by atoms with Crippen LogP contribution in [-0.4, -0.2) is 59.9 Å². The second-order valence-electron chi connectivity index (χ2n) is 10.1. The van der Waals surface area contributed by atoms with Gasteiger partial charge >= 0.3 is 11.9 Å². The van der Waals surface area contributed by atoms with Crippen LogP contribution in [0.3, 0.4) is 0 Å². The molecule has 1 aliphatic carbocycles. The molecule has 0 unspecified atom stereocenters. The summed E-state index contributed by atoms with van der Waals surface area (Å²) in [6, 6.07) is 0. The highest BCUT2D eigenvalue weighted by atomic mass is 16.8. The highest BCUT2D eigenvalue weighted by Crippen LogP contribution is 2.45. The molecular weight excluding hydrogens is 394 g/mol.